The van der Waals surface area contributed by atoms with Crippen LogP contribution in [0.5, 0.6) is 0 Å². The molecular weight excluding hydrogens is 392 g/mol. The molecule has 1 saturated heterocycles. The third-order valence-corrected chi connectivity index (χ3v) is 7.97. The van der Waals surface area contributed by atoms with Crippen molar-refractivity contribution in [3.05, 3.63) is 34.7 Å². The lowest BCUT2D eigenvalue weighted by molar-refractivity contribution is -0.157. The SMILES string of the molecule is CCCCCCCC1CCC(C2COC(CCCCCCC)CO2)CC1.c1cc2ccc1=2. The second-order valence-corrected chi connectivity index (χ2v) is 10.6. The Morgan fingerprint density at radius 3 is 1.66 bits per heavy atom. The fraction of sp³-hybridized carbons (Fsp3) is 0.800. The Bertz CT molecular complexity index is 601. The molecule has 3 aliphatic carbocycles. The summed E-state index contributed by atoms with van der Waals surface area (Å²) in [4.78, 5) is 0. The quantitative estimate of drug-likeness (QED) is 0.289. The number of ether oxygens (including phenoxy) is 2. The van der Waals surface area contributed by atoms with Crippen LogP contribution in [0, 0.1) is 22.3 Å². The van der Waals surface area contributed by atoms with Gasteiger partial charge < -0.3 is 9.47 Å². The first kappa shape index (κ1) is 25.8. The highest BCUT2D eigenvalue weighted by Gasteiger charge is 2.31. The number of unbranched alkanes of at least 4 members (excludes halogenated alkanes) is 8. The van der Waals surface area contributed by atoms with Crippen molar-refractivity contribution in [2.45, 2.75) is 129 Å². The molecule has 1 aliphatic heterocycles. The van der Waals surface area contributed by atoms with E-state index in [1.807, 2.05) is 0 Å². The smallest absolute Gasteiger partial charge is 0.0838 e. The summed E-state index contributed by atoms with van der Waals surface area (Å²) in [5.41, 5.74) is 0. The largest absolute Gasteiger partial charge is 0.373 e. The third-order valence-electron chi connectivity index (χ3n) is 7.97. The molecule has 0 aromatic rings. The lowest BCUT2D eigenvalue weighted by Gasteiger charge is -2.38. The lowest BCUT2D eigenvalue weighted by atomic mass is 9.77. The van der Waals surface area contributed by atoms with Crippen molar-refractivity contribution < 1.29 is 9.47 Å². The summed E-state index contributed by atoms with van der Waals surface area (Å²) in [6.45, 7) is 6.27. The van der Waals surface area contributed by atoms with Crippen LogP contribution in [-0.2, 0) is 9.47 Å². The van der Waals surface area contributed by atoms with Crippen LogP contribution in [-0.4, -0.2) is 25.4 Å². The molecule has 0 spiro atoms. The first-order valence-electron chi connectivity index (χ1n) is 14.1. The van der Waals surface area contributed by atoms with Crippen molar-refractivity contribution in [3.63, 3.8) is 0 Å². The van der Waals surface area contributed by atoms with Crippen molar-refractivity contribution in [1.29, 1.82) is 0 Å². The minimum Gasteiger partial charge on any atom is -0.373 e. The molecule has 0 bridgehead atoms. The van der Waals surface area contributed by atoms with E-state index in [0.717, 1.165) is 25.0 Å². The first-order chi connectivity index (χ1) is 15.8. The second kappa shape index (κ2) is 15.1. The highest BCUT2D eigenvalue weighted by molar-refractivity contribution is 5.22. The van der Waals surface area contributed by atoms with Gasteiger partial charge in [0.1, 0.15) is 0 Å². The van der Waals surface area contributed by atoms with Gasteiger partial charge in [0.15, 0.2) is 0 Å². The van der Waals surface area contributed by atoms with E-state index in [2.05, 4.69) is 38.1 Å². The van der Waals surface area contributed by atoms with E-state index in [-0.39, 0.29) is 0 Å². The molecule has 0 aromatic carbocycles. The maximum absolute atomic E-state index is 6.24. The van der Waals surface area contributed by atoms with E-state index < -0.39 is 0 Å². The minimum absolute atomic E-state index is 0.368. The molecule has 1 heterocycles. The molecule has 32 heavy (non-hydrogen) atoms. The molecule has 2 heteroatoms. The summed E-state index contributed by atoms with van der Waals surface area (Å²) in [6.07, 6.45) is 22.9. The number of benzene rings is 1. The average molecular weight is 443 g/mol. The Hall–Kier alpha value is -0.860. The predicted octanol–water partition coefficient (Wildman–Crippen LogP) is 8.58. The van der Waals surface area contributed by atoms with E-state index in [9.17, 15) is 0 Å². The standard InChI is InChI=1S/C24H46O2.C6H4/c1-3-5-7-9-11-13-21-15-17-22(18-16-21)24-20-25-23(19-26-24)14-12-10-8-6-4-2;1-2-6-4-3-5(1)6/h21-24H,3-20H2,1-2H3;1-4H. The molecule has 0 N–H and O–H groups in total. The van der Waals surface area contributed by atoms with Gasteiger partial charge in [-0.25, -0.2) is 0 Å². The van der Waals surface area contributed by atoms with E-state index in [1.165, 1.54) is 113 Å². The zero-order valence-electron chi connectivity index (χ0n) is 21.2. The third kappa shape index (κ3) is 8.82. The Kier molecular flexibility index (Phi) is 12.2. The van der Waals surface area contributed by atoms with Gasteiger partial charge in [-0.05, 0) is 41.5 Å². The average Bonchev–Trinajstić information content (AvgIpc) is 2.82. The van der Waals surface area contributed by atoms with Crippen LogP contribution >= 0.6 is 0 Å². The Balaban J connectivity index is 0.000000405. The molecular formula is C30H50O2. The van der Waals surface area contributed by atoms with Gasteiger partial charge in [-0.15, -0.1) is 0 Å². The van der Waals surface area contributed by atoms with Crippen LogP contribution < -0.4 is 0 Å². The molecule has 2 nitrogen and oxygen atoms in total. The summed E-state index contributed by atoms with van der Waals surface area (Å²) in [5, 5.41) is 2.85. The summed E-state index contributed by atoms with van der Waals surface area (Å²) >= 11 is 0. The van der Waals surface area contributed by atoms with E-state index in [0.29, 0.717) is 12.2 Å². The zero-order valence-corrected chi connectivity index (χ0v) is 21.2. The molecule has 2 fully saturated rings. The molecule has 4 aliphatic rings. The molecule has 0 aromatic heterocycles. The van der Waals surface area contributed by atoms with Gasteiger partial charge in [0.05, 0.1) is 25.4 Å². The summed E-state index contributed by atoms with van der Waals surface area (Å²) in [5.74, 6) is 1.75. The van der Waals surface area contributed by atoms with Gasteiger partial charge in [-0.1, -0.05) is 122 Å². The van der Waals surface area contributed by atoms with Gasteiger partial charge >= 0.3 is 0 Å². The lowest BCUT2D eigenvalue weighted by Crippen LogP contribution is -2.41. The van der Waals surface area contributed by atoms with Crippen molar-refractivity contribution in [2.24, 2.45) is 11.8 Å². The maximum Gasteiger partial charge on any atom is 0.0838 e. The second-order valence-electron chi connectivity index (χ2n) is 10.6. The first-order valence-corrected chi connectivity index (χ1v) is 14.1. The fourth-order valence-electron chi connectivity index (χ4n) is 5.52. The number of rotatable bonds is 13. The molecule has 2 unspecified atom stereocenters. The van der Waals surface area contributed by atoms with E-state index in [4.69, 9.17) is 9.47 Å². The van der Waals surface area contributed by atoms with Gasteiger partial charge in [0, 0.05) is 0 Å². The summed E-state index contributed by atoms with van der Waals surface area (Å²) < 4.78 is 12.4. The van der Waals surface area contributed by atoms with Crippen LogP contribution in [0.4, 0.5) is 0 Å². The Morgan fingerprint density at radius 1 is 0.625 bits per heavy atom. The van der Waals surface area contributed by atoms with E-state index in [1.54, 1.807) is 0 Å². The van der Waals surface area contributed by atoms with Crippen molar-refractivity contribution in [2.75, 3.05) is 13.2 Å². The van der Waals surface area contributed by atoms with Gasteiger partial charge in [-0.3, -0.25) is 0 Å². The monoisotopic (exact) mass is 442 g/mol. The van der Waals surface area contributed by atoms with E-state index >= 15 is 0 Å². The van der Waals surface area contributed by atoms with Crippen molar-refractivity contribution in [1.82, 2.24) is 0 Å². The molecule has 2 atom stereocenters. The van der Waals surface area contributed by atoms with Gasteiger partial charge in [0.2, 0.25) is 0 Å². The molecule has 4 rings (SSSR count). The highest BCUT2D eigenvalue weighted by atomic mass is 16.6. The van der Waals surface area contributed by atoms with Crippen molar-refractivity contribution >= 4 is 0 Å². The predicted molar refractivity (Wildman–Crippen MR) is 136 cm³/mol. The van der Waals surface area contributed by atoms with Crippen LogP contribution in [0.15, 0.2) is 24.3 Å². The van der Waals surface area contributed by atoms with Crippen LogP contribution in [0.3, 0.4) is 0 Å². The summed E-state index contributed by atoms with van der Waals surface area (Å²) in [6, 6.07) is 8.48. The highest BCUT2D eigenvalue weighted by Crippen LogP contribution is 2.35. The zero-order chi connectivity index (χ0) is 22.4. The van der Waals surface area contributed by atoms with Gasteiger partial charge in [-0.2, -0.15) is 0 Å². The summed E-state index contributed by atoms with van der Waals surface area (Å²) in [7, 11) is 0. The van der Waals surface area contributed by atoms with Crippen LogP contribution in [0.2, 0.25) is 0 Å². The van der Waals surface area contributed by atoms with Crippen LogP contribution in [0.1, 0.15) is 117 Å². The molecule has 0 radical (unpaired) electrons. The number of hydrogen-bond acceptors (Lipinski definition) is 2. The van der Waals surface area contributed by atoms with Gasteiger partial charge in [0.25, 0.3) is 0 Å². The fourth-order valence-corrected chi connectivity index (χ4v) is 5.52. The van der Waals surface area contributed by atoms with Crippen molar-refractivity contribution in [3.8, 4) is 0 Å². The normalized spacial score (nSPS) is 26.3. The topological polar surface area (TPSA) is 18.5 Å². The number of hydrogen-bond donors (Lipinski definition) is 0. The molecule has 1 saturated carbocycles. The van der Waals surface area contributed by atoms with Crippen LogP contribution in [0.25, 0.3) is 0 Å². The molecule has 182 valence electrons. The Morgan fingerprint density at radius 2 is 1.19 bits per heavy atom. The minimum atomic E-state index is 0.368. The maximum atomic E-state index is 6.24. The Labute approximate surface area is 198 Å². The molecule has 0 amide bonds.